The number of carboxylic acid groups (broad SMARTS) is 1. The van der Waals surface area contributed by atoms with Gasteiger partial charge in [0.15, 0.2) is 5.81 Å². The van der Waals surface area contributed by atoms with Crippen LogP contribution in [-0.4, -0.2) is 43.5 Å². The van der Waals surface area contributed by atoms with E-state index < -0.39 is 18.0 Å². The zero-order valence-electron chi connectivity index (χ0n) is 14.9. The number of rotatable bonds is 6. The van der Waals surface area contributed by atoms with Crippen molar-refractivity contribution >= 4 is 31.3 Å². The van der Waals surface area contributed by atoms with E-state index in [9.17, 15) is 22.8 Å². The second kappa shape index (κ2) is 11.4. The molecule has 0 bridgehead atoms. The number of esters is 1. The molecule has 29 heavy (non-hydrogen) atoms. The van der Waals surface area contributed by atoms with Gasteiger partial charge >= 0.3 is 18.1 Å². The second-order valence-electron chi connectivity index (χ2n) is 5.34. The van der Waals surface area contributed by atoms with Gasteiger partial charge in [-0.15, -0.1) is 0 Å². The summed E-state index contributed by atoms with van der Waals surface area (Å²) in [6.07, 6.45) is -5.08. The van der Waals surface area contributed by atoms with E-state index in [1.165, 1.54) is 0 Å². The van der Waals surface area contributed by atoms with Crippen molar-refractivity contribution in [2.24, 2.45) is 0 Å². The Morgan fingerprint density at radius 2 is 1.55 bits per heavy atom. The molecule has 2 aromatic rings. The number of ether oxygens (including phenoxy) is 1. The summed E-state index contributed by atoms with van der Waals surface area (Å²) in [5.41, 5.74) is 2.16. The van der Waals surface area contributed by atoms with E-state index in [4.69, 9.17) is 22.5 Å². The van der Waals surface area contributed by atoms with Crippen LogP contribution in [0.25, 0.3) is 0 Å². The number of aliphatic carboxylic acids is 1. The number of anilines is 1. The molecule has 7 nitrogen and oxygen atoms in total. The maximum absolute atomic E-state index is 11.9. The lowest BCUT2D eigenvalue weighted by atomic mass is 10.1. The molecule has 0 saturated heterocycles. The molecule has 0 aliphatic carbocycles. The average Bonchev–Trinajstić information content (AvgIpc) is 2.67. The molecular weight excluding hydrogens is 392 g/mol. The smallest absolute Gasteiger partial charge is 0.475 e. The average molecular weight is 408 g/mol. The first-order valence-corrected chi connectivity index (χ1v) is 7.98. The molecule has 3 N–H and O–H groups in total. The minimum Gasteiger partial charge on any atom is -0.475 e. The van der Waals surface area contributed by atoms with Crippen molar-refractivity contribution < 1.29 is 37.4 Å². The quantitative estimate of drug-likeness (QED) is 0.386. The van der Waals surface area contributed by atoms with Crippen LogP contribution in [0.1, 0.15) is 15.9 Å². The Kier molecular flexibility index (Phi) is 9.23. The van der Waals surface area contributed by atoms with Gasteiger partial charge < -0.3 is 20.5 Å². The van der Waals surface area contributed by atoms with Crippen LogP contribution in [0.4, 0.5) is 23.7 Å². The maximum atomic E-state index is 11.9. The van der Waals surface area contributed by atoms with Gasteiger partial charge in [-0.1, -0.05) is 30.3 Å². The maximum Gasteiger partial charge on any atom is 0.490 e. The first-order chi connectivity index (χ1) is 13.6. The molecule has 0 fully saturated rings. The lowest BCUT2D eigenvalue weighted by molar-refractivity contribution is -0.192. The zero-order chi connectivity index (χ0) is 21.9. The van der Waals surface area contributed by atoms with Crippen LogP contribution < -0.4 is 10.6 Å². The van der Waals surface area contributed by atoms with Crippen LogP contribution in [0.2, 0.25) is 0 Å². The Morgan fingerprint density at radius 3 is 2.03 bits per heavy atom. The lowest BCUT2D eigenvalue weighted by Gasteiger charge is -2.08. The molecule has 2 rings (SSSR count). The molecule has 0 spiro atoms. The zero-order valence-corrected chi connectivity index (χ0v) is 14.9. The van der Waals surface area contributed by atoms with Crippen molar-refractivity contribution in [3.63, 3.8) is 0 Å². The van der Waals surface area contributed by atoms with Crippen LogP contribution in [-0.2, 0) is 16.1 Å². The summed E-state index contributed by atoms with van der Waals surface area (Å²) >= 11 is 0. The van der Waals surface area contributed by atoms with E-state index >= 15 is 0 Å². The molecule has 152 valence electrons. The number of nitrogens with one attached hydrogen (secondary N) is 2. The summed E-state index contributed by atoms with van der Waals surface area (Å²) in [6.45, 7) is 0.454. The summed E-state index contributed by atoms with van der Waals surface area (Å²) in [6, 6.07) is 16.2. The van der Waals surface area contributed by atoms with Crippen LogP contribution in [0.15, 0.2) is 54.6 Å². The molecule has 0 aliphatic rings. The molecule has 0 aliphatic heterocycles. The number of carboxylic acids is 1. The summed E-state index contributed by atoms with van der Waals surface area (Å²) in [5, 5.41) is 12.5. The highest BCUT2D eigenvalue weighted by Gasteiger charge is 2.38. The molecule has 2 radical (unpaired) electrons. The number of carbonyl (C=O) groups excluding carboxylic acids is 2. The normalized spacial score (nSPS) is 10.2. The molecule has 0 aromatic heterocycles. The van der Waals surface area contributed by atoms with E-state index in [0.29, 0.717) is 5.56 Å². The van der Waals surface area contributed by atoms with E-state index in [0.717, 1.165) is 11.3 Å². The highest BCUT2D eigenvalue weighted by atomic mass is 19.4. The third-order valence-corrected chi connectivity index (χ3v) is 3.13. The summed E-state index contributed by atoms with van der Waals surface area (Å²) in [5.74, 6) is -3.74. The largest absolute Gasteiger partial charge is 0.490 e. The Balaban J connectivity index is 0.000000516. The minimum absolute atomic E-state index is 0.215. The molecule has 0 unspecified atom stereocenters. The molecule has 11 heteroatoms. The van der Waals surface area contributed by atoms with Gasteiger partial charge in [-0.3, -0.25) is 4.79 Å². The summed E-state index contributed by atoms with van der Waals surface area (Å²) < 4.78 is 37.0. The number of hydrogen-bond acceptors (Lipinski definition) is 5. The van der Waals surface area contributed by atoms with Crippen LogP contribution in [0, 0.1) is 0 Å². The number of benzene rings is 2. The highest BCUT2D eigenvalue weighted by molar-refractivity contribution is 6.57. The van der Waals surface area contributed by atoms with Crippen LogP contribution >= 0.6 is 0 Å². The number of amides is 1. The van der Waals surface area contributed by atoms with E-state index in [-0.39, 0.29) is 19.2 Å². The molecular formula is C18H16BF3N2O5. The number of halogens is 3. The van der Waals surface area contributed by atoms with E-state index in [2.05, 4.69) is 10.6 Å². The topological polar surface area (TPSA) is 105 Å². The van der Waals surface area contributed by atoms with Crippen molar-refractivity contribution in [1.29, 1.82) is 0 Å². The Labute approximate surface area is 165 Å². The Hall–Kier alpha value is -3.50. The molecule has 0 saturated carbocycles. The molecule has 0 heterocycles. The Bertz CT molecular complexity index is 814. The van der Waals surface area contributed by atoms with Crippen molar-refractivity contribution in [2.45, 2.75) is 12.8 Å². The van der Waals surface area contributed by atoms with Gasteiger partial charge in [0, 0.05) is 5.69 Å². The SMILES string of the molecule is O=C(O)C(F)(F)F.[B]C(=O)NCNc1ccc(C(=O)OCc2ccccc2)cc1. The predicted molar refractivity (Wildman–Crippen MR) is 98.5 cm³/mol. The highest BCUT2D eigenvalue weighted by Crippen LogP contribution is 2.13. The monoisotopic (exact) mass is 408 g/mol. The van der Waals surface area contributed by atoms with Crippen molar-refractivity contribution in [3.05, 3.63) is 65.7 Å². The molecule has 0 atom stereocenters. The Morgan fingerprint density at radius 1 is 1.00 bits per heavy atom. The van der Waals surface area contributed by atoms with Gasteiger partial charge in [-0.2, -0.15) is 13.2 Å². The second-order valence-corrected chi connectivity index (χ2v) is 5.34. The minimum atomic E-state index is -5.08. The van der Waals surface area contributed by atoms with E-state index in [1.807, 2.05) is 30.3 Å². The fourth-order valence-electron chi connectivity index (χ4n) is 1.76. The summed E-state index contributed by atoms with van der Waals surface area (Å²) in [4.78, 5) is 31.3. The van der Waals surface area contributed by atoms with E-state index in [1.54, 1.807) is 24.3 Å². The lowest BCUT2D eigenvalue weighted by Crippen LogP contribution is -2.27. The number of hydrogen-bond donors (Lipinski definition) is 3. The fraction of sp³-hybridized carbons (Fsp3) is 0.167. The molecule has 2 aromatic carbocycles. The van der Waals surface area contributed by atoms with Gasteiger partial charge in [0.25, 0.3) is 0 Å². The summed E-state index contributed by atoms with van der Waals surface area (Å²) in [7, 11) is 4.95. The number of carbonyl (C=O) groups is 3. The van der Waals surface area contributed by atoms with Gasteiger partial charge in [0.05, 0.1) is 12.2 Å². The first kappa shape index (κ1) is 23.5. The van der Waals surface area contributed by atoms with Crippen molar-refractivity contribution in [3.8, 4) is 0 Å². The third-order valence-electron chi connectivity index (χ3n) is 3.13. The predicted octanol–water partition coefficient (Wildman–Crippen LogP) is 2.92. The van der Waals surface area contributed by atoms with Crippen LogP contribution in [0.3, 0.4) is 0 Å². The van der Waals surface area contributed by atoms with Gasteiger partial charge in [-0.05, 0) is 29.8 Å². The van der Waals surface area contributed by atoms with Crippen molar-refractivity contribution in [2.75, 3.05) is 12.0 Å². The standard InChI is InChI=1S/C16H15BN2O3.C2HF3O2/c17-16(21)19-11-18-14-8-6-13(7-9-14)15(20)22-10-12-4-2-1-3-5-12;3-2(4,5)1(6)7/h1-9,18H,10-11H2,(H,19,21);(H,6,7). The molecule has 1 amide bonds. The van der Waals surface area contributed by atoms with Gasteiger partial charge in [-0.25, -0.2) is 9.59 Å². The number of alkyl halides is 3. The van der Waals surface area contributed by atoms with Crippen LogP contribution in [0.5, 0.6) is 0 Å². The first-order valence-electron chi connectivity index (χ1n) is 7.98. The van der Waals surface area contributed by atoms with Crippen molar-refractivity contribution in [1.82, 2.24) is 5.32 Å². The fourth-order valence-corrected chi connectivity index (χ4v) is 1.76. The van der Waals surface area contributed by atoms with Gasteiger partial charge in [0.2, 0.25) is 7.85 Å². The third kappa shape index (κ3) is 9.85. The van der Waals surface area contributed by atoms with Gasteiger partial charge in [0.1, 0.15) is 6.61 Å².